The van der Waals surface area contributed by atoms with E-state index in [9.17, 15) is 13.2 Å². The van der Waals surface area contributed by atoms with Gasteiger partial charge in [0.2, 0.25) is 0 Å². The molecule has 0 bridgehead atoms. The lowest BCUT2D eigenvalue weighted by atomic mass is 9.87. The fourth-order valence-corrected chi connectivity index (χ4v) is 3.91. The third-order valence-electron chi connectivity index (χ3n) is 4.79. The number of hydrogen-bond donors (Lipinski definition) is 1. The second kappa shape index (κ2) is 9.40. The third-order valence-corrected chi connectivity index (χ3v) is 6.13. The van der Waals surface area contributed by atoms with Crippen molar-refractivity contribution in [1.82, 2.24) is 9.71 Å². The van der Waals surface area contributed by atoms with Crippen LogP contribution in [0.2, 0.25) is 0 Å². The van der Waals surface area contributed by atoms with Crippen LogP contribution in [0.1, 0.15) is 42.4 Å². The number of benzene rings is 2. The van der Waals surface area contributed by atoms with Gasteiger partial charge in [-0.3, -0.25) is 9.78 Å². The Morgan fingerprint density at radius 2 is 1.72 bits per heavy atom. The van der Waals surface area contributed by atoms with E-state index in [1.807, 2.05) is 39.0 Å². The summed E-state index contributed by atoms with van der Waals surface area (Å²) in [5.74, 6) is -0.0460. The molecule has 3 aromatic rings. The molecule has 0 radical (unpaired) electrons. The summed E-state index contributed by atoms with van der Waals surface area (Å²) in [5.41, 5.74) is 1.75. The predicted molar refractivity (Wildman–Crippen MR) is 121 cm³/mol. The molecule has 2 aromatic carbocycles. The molecule has 0 aliphatic heterocycles. The number of methoxy groups -OCH3 is 1. The van der Waals surface area contributed by atoms with Crippen LogP contribution in [0.3, 0.4) is 0 Å². The van der Waals surface area contributed by atoms with Crippen LogP contribution in [0.4, 0.5) is 0 Å². The Hall–Kier alpha value is -3.39. The van der Waals surface area contributed by atoms with Crippen molar-refractivity contribution in [3.05, 3.63) is 83.7 Å². The SMILES string of the molecule is COc1cc(C(=O)NS(=O)(=O)c2ccc(C(C)(C)C)cc2)ccc1OCc1ccccn1. The largest absolute Gasteiger partial charge is 0.493 e. The summed E-state index contributed by atoms with van der Waals surface area (Å²) in [6.07, 6.45) is 1.67. The molecule has 0 aliphatic carbocycles. The van der Waals surface area contributed by atoms with Crippen LogP contribution >= 0.6 is 0 Å². The van der Waals surface area contributed by atoms with Gasteiger partial charge in [0.25, 0.3) is 15.9 Å². The average Bonchev–Trinajstić information content (AvgIpc) is 2.77. The number of sulfonamides is 1. The van der Waals surface area contributed by atoms with Gasteiger partial charge in [-0.2, -0.15) is 0 Å². The first kappa shape index (κ1) is 23.3. The summed E-state index contributed by atoms with van der Waals surface area (Å²) in [5, 5.41) is 0. The fraction of sp³-hybridized carbons (Fsp3) is 0.250. The average molecular weight is 455 g/mol. The van der Waals surface area contributed by atoms with Gasteiger partial charge in [0.05, 0.1) is 17.7 Å². The van der Waals surface area contributed by atoms with E-state index in [-0.39, 0.29) is 22.5 Å². The quantitative estimate of drug-likeness (QED) is 0.578. The Morgan fingerprint density at radius 3 is 2.31 bits per heavy atom. The molecule has 1 aromatic heterocycles. The van der Waals surface area contributed by atoms with Gasteiger partial charge in [-0.25, -0.2) is 13.1 Å². The molecule has 0 saturated carbocycles. The third kappa shape index (κ3) is 5.64. The summed E-state index contributed by atoms with van der Waals surface area (Å²) < 4.78 is 38.5. The van der Waals surface area contributed by atoms with Crippen molar-refractivity contribution >= 4 is 15.9 Å². The number of hydrogen-bond acceptors (Lipinski definition) is 6. The van der Waals surface area contributed by atoms with E-state index in [0.717, 1.165) is 11.3 Å². The fourth-order valence-electron chi connectivity index (χ4n) is 2.94. The topological polar surface area (TPSA) is 94.6 Å². The first-order valence-electron chi connectivity index (χ1n) is 9.98. The van der Waals surface area contributed by atoms with Gasteiger partial charge in [0.1, 0.15) is 6.61 Å². The van der Waals surface area contributed by atoms with Crippen LogP contribution in [0.15, 0.2) is 71.8 Å². The number of ether oxygens (including phenoxy) is 2. The van der Waals surface area contributed by atoms with Gasteiger partial charge in [-0.05, 0) is 53.4 Å². The normalized spacial score (nSPS) is 11.6. The molecule has 0 unspecified atom stereocenters. The van der Waals surface area contributed by atoms with Crippen molar-refractivity contribution in [2.45, 2.75) is 37.7 Å². The van der Waals surface area contributed by atoms with Crippen LogP contribution in [0.25, 0.3) is 0 Å². The standard InChI is InChI=1S/C24H26N2O5S/c1-24(2,3)18-9-11-20(12-10-18)32(28,29)26-23(27)17-8-13-21(22(15-17)30-4)31-16-19-7-5-6-14-25-19/h5-15H,16H2,1-4H3,(H,26,27). The monoisotopic (exact) mass is 454 g/mol. The van der Waals surface area contributed by atoms with E-state index in [0.29, 0.717) is 11.5 Å². The maximum Gasteiger partial charge on any atom is 0.265 e. The van der Waals surface area contributed by atoms with Crippen molar-refractivity contribution < 1.29 is 22.7 Å². The van der Waals surface area contributed by atoms with Crippen molar-refractivity contribution in [3.8, 4) is 11.5 Å². The first-order chi connectivity index (χ1) is 15.1. The van der Waals surface area contributed by atoms with E-state index in [1.165, 1.54) is 31.4 Å². The molecular formula is C24H26N2O5S. The minimum atomic E-state index is -4.03. The second-order valence-electron chi connectivity index (χ2n) is 8.18. The highest BCUT2D eigenvalue weighted by atomic mass is 32.2. The van der Waals surface area contributed by atoms with Gasteiger partial charge < -0.3 is 9.47 Å². The molecule has 8 heteroatoms. The number of pyridine rings is 1. The van der Waals surface area contributed by atoms with Crippen molar-refractivity contribution in [3.63, 3.8) is 0 Å². The minimum Gasteiger partial charge on any atom is -0.493 e. The van der Waals surface area contributed by atoms with Gasteiger partial charge in [-0.1, -0.05) is 39.0 Å². The Morgan fingerprint density at radius 1 is 1.00 bits per heavy atom. The summed E-state index contributed by atoms with van der Waals surface area (Å²) in [6, 6.07) is 16.4. The van der Waals surface area contributed by atoms with Gasteiger partial charge >= 0.3 is 0 Å². The molecule has 0 spiro atoms. The van der Waals surface area contributed by atoms with Crippen LogP contribution < -0.4 is 14.2 Å². The highest BCUT2D eigenvalue weighted by Crippen LogP contribution is 2.29. The number of carbonyl (C=O) groups excluding carboxylic acids is 1. The summed E-state index contributed by atoms with van der Waals surface area (Å²) in [7, 11) is -2.58. The number of amides is 1. The van der Waals surface area contributed by atoms with E-state index < -0.39 is 15.9 Å². The van der Waals surface area contributed by atoms with Gasteiger partial charge in [0, 0.05) is 11.8 Å². The molecule has 0 saturated heterocycles. The van der Waals surface area contributed by atoms with Gasteiger partial charge in [-0.15, -0.1) is 0 Å². The molecule has 168 valence electrons. The minimum absolute atomic E-state index is 0.0149. The Labute approximate surface area is 188 Å². The molecule has 3 rings (SSSR count). The van der Waals surface area contributed by atoms with Crippen LogP contribution in [-0.2, 0) is 22.0 Å². The highest BCUT2D eigenvalue weighted by molar-refractivity contribution is 7.90. The molecular weight excluding hydrogens is 428 g/mol. The molecule has 7 nitrogen and oxygen atoms in total. The van der Waals surface area contributed by atoms with E-state index in [4.69, 9.17) is 9.47 Å². The maximum absolute atomic E-state index is 12.7. The zero-order valence-corrected chi connectivity index (χ0v) is 19.3. The zero-order valence-electron chi connectivity index (χ0n) is 18.5. The number of rotatable bonds is 7. The lowest BCUT2D eigenvalue weighted by Crippen LogP contribution is -2.30. The molecule has 0 aliphatic rings. The Bertz CT molecular complexity index is 1190. The number of aromatic nitrogens is 1. The molecule has 32 heavy (non-hydrogen) atoms. The first-order valence-corrected chi connectivity index (χ1v) is 11.5. The number of nitrogens with zero attached hydrogens (tertiary/aromatic N) is 1. The molecule has 0 atom stereocenters. The zero-order chi connectivity index (χ0) is 23.4. The van der Waals surface area contributed by atoms with E-state index >= 15 is 0 Å². The Kier molecular flexibility index (Phi) is 6.84. The van der Waals surface area contributed by atoms with Crippen LogP contribution in [0, 0.1) is 0 Å². The second-order valence-corrected chi connectivity index (χ2v) is 9.87. The van der Waals surface area contributed by atoms with Crippen LogP contribution in [-0.4, -0.2) is 26.4 Å². The van der Waals surface area contributed by atoms with Crippen molar-refractivity contribution in [2.75, 3.05) is 7.11 Å². The van der Waals surface area contributed by atoms with E-state index in [2.05, 4.69) is 9.71 Å². The number of carbonyl (C=O) groups is 1. The Balaban J connectivity index is 1.74. The lowest BCUT2D eigenvalue weighted by Gasteiger charge is -2.19. The van der Waals surface area contributed by atoms with Crippen molar-refractivity contribution in [2.24, 2.45) is 0 Å². The summed E-state index contributed by atoms with van der Waals surface area (Å²) in [6.45, 7) is 6.34. The molecule has 1 heterocycles. The molecule has 0 fully saturated rings. The van der Waals surface area contributed by atoms with Crippen molar-refractivity contribution in [1.29, 1.82) is 0 Å². The summed E-state index contributed by atoms with van der Waals surface area (Å²) >= 11 is 0. The molecule has 1 amide bonds. The maximum atomic E-state index is 12.7. The predicted octanol–water partition coefficient (Wildman–Crippen LogP) is 4.09. The molecule has 1 N–H and O–H groups in total. The highest BCUT2D eigenvalue weighted by Gasteiger charge is 2.21. The smallest absolute Gasteiger partial charge is 0.265 e. The number of nitrogens with one attached hydrogen (secondary N) is 1. The summed E-state index contributed by atoms with van der Waals surface area (Å²) in [4.78, 5) is 16.8. The van der Waals surface area contributed by atoms with Gasteiger partial charge in [0.15, 0.2) is 11.5 Å². The lowest BCUT2D eigenvalue weighted by molar-refractivity contribution is 0.0981. The van der Waals surface area contributed by atoms with Crippen LogP contribution in [0.5, 0.6) is 11.5 Å². The van der Waals surface area contributed by atoms with E-state index in [1.54, 1.807) is 24.4 Å².